The molecule has 0 aliphatic rings. The molecule has 0 spiro atoms. The fourth-order valence-corrected chi connectivity index (χ4v) is 1.80. The average Bonchev–Trinajstić information content (AvgIpc) is 2.47. The van der Waals surface area contributed by atoms with Gasteiger partial charge in [-0.25, -0.2) is 4.79 Å². The van der Waals surface area contributed by atoms with Gasteiger partial charge in [0.2, 0.25) is 0 Å². The van der Waals surface area contributed by atoms with Crippen molar-refractivity contribution in [3.8, 4) is 16.9 Å². The molecule has 0 heterocycles. The maximum Gasteiger partial charge on any atom is 0.355 e. The number of carbonyl (C=O) groups excluding carboxylic acids is 1. The summed E-state index contributed by atoms with van der Waals surface area (Å²) in [6, 6.07) is 16.4. The second kappa shape index (κ2) is 6.74. The minimum atomic E-state index is -2.67. The van der Waals surface area contributed by atoms with Crippen LogP contribution >= 0.6 is 0 Å². The molecule has 1 unspecified atom stereocenters. The second-order valence-electron chi connectivity index (χ2n) is 3.73. The lowest BCUT2D eigenvalue weighted by Crippen LogP contribution is -2.10. The molecular weight excluding hydrogens is 278 g/mol. The van der Waals surface area contributed by atoms with Crippen molar-refractivity contribution < 1.29 is 18.3 Å². The number of rotatable bonds is 4. The van der Waals surface area contributed by atoms with Gasteiger partial charge in [0.25, 0.3) is 0 Å². The third kappa shape index (κ3) is 3.84. The Morgan fingerprint density at radius 3 is 2.45 bits per heavy atom. The van der Waals surface area contributed by atoms with E-state index >= 15 is 0 Å². The third-order valence-electron chi connectivity index (χ3n) is 2.43. The number of esters is 1. The van der Waals surface area contributed by atoms with Crippen molar-refractivity contribution >= 4 is 23.5 Å². The summed E-state index contributed by atoms with van der Waals surface area (Å²) in [7, 11) is 0. The summed E-state index contributed by atoms with van der Waals surface area (Å²) in [5.74, 6) is -0.510. The first-order chi connectivity index (χ1) is 9.66. The monoisotopic (exact) mass is 288 g/mol. The quantitative estimate of drug-likeness (QED) is 0.373. The van der Waals surface area contributed by atoms with Gasteiger partial charge in [-0.3, -0.25) is 4.21 Å². The van der Waals surface area contributed by atoms with Gasteiger partial charge in [0, 0.05) is 5.56 Å². The number of nitrogens with zero attached hydrogens (tertiary/aromatic N) is 1. The van der Waals surface area contributed by atoms with Crippen molar-refractivity contribution in [1.82, 2.24) is 0 Å². The second-order valence-corrected chi connectivity index (χ2v) is 4.38. The fourth-order valence-electron chi connectivity index (χ4n) is 1.63. The Balaban J connectivity index is 2.25. The van der Waals surface area contributed by atoms with Crippen LogP contribution in [0.3, 0.4) is 0 Å². The maximum atomic E-state index is 11.5. The summed E-state index contributed by atoms with van der Waals surface area (Å²) >= 11 is -2.67. The smallest absolute Gasteiger partial charge is 0.355 e. The number of ether oxygens (including phenoxy) is 1. The molecule has 0 saturated heterocycles. The summed E-state index contributed by atoms with van der Waals surface area (Å²) < 4.78 is 28.5. The van der Waals surface area contributed by atoms with E-state index in [0.717, 1.165) is 11.1 Å². The van der Waals surface area contributed by atoms with Crippen LogP contribution in [0.25, 0.3) is 11.1 Å². The summed E-state index contributed by atoms with van der Waals surface area (Å²) in [5, 5.41) is 0. The van der Waals surface area contributed by atoms with E-state index in [2.05, 4.69) is 4.40 Å². The summed E-state index contributed by atoms with van der Waals surface area (Å²) in [6.07, 6.45) is 0.616. The van der Waals surface area contributed by atoms with Gasteiger partial charge in [0.1, 0.15) is 12.0 Å². The highest BCUT2D eigenvalue weighted by Crippen LogP contribution is 2.29. The van der Waals surface area contributed by atoms with E-state index in [1.165, 1.54) is 0 Å². The van der Waals surface area contributed by atoms with Gasteiger partial charge >= 0.3 is 5.97 Å². The molecule has 6 heteroatoms. The fraction of sp³-hybridized carbons (Fsp3) is 0. The molecule has 0 aliphatic heterocycles. The lowest BCUT2D eigenvalue weighted by molar-refractivity contribution is -0.126. The molecule has 5 nitrogen and oxygen atoms in total. The molecule has 2 aromatic carbocycles. The molecule has 0 N–H and O–H groups in total. The molecule has 0 amide bonds. The van der Waals surface area contributed by atoms with Crippen LogP contribution in [0.4, 0.5) is 0 Å². The van der Waals surface area contributed by atoms with Crippen LogP contribution in [-0.4, -0.2) is 20.9 Å². The number of hydrogen-bond donors (Lipinski definition) is 0. The topological polar surface area (TPSA) is 78.8 Å². The lowest BCUT2D eigenvalue weighted by atomic mass is 10.1. The highest BCUT2D eigenvalue weighted by molar-refractivity contribution is 7.77. The van der Waals surface area contributed by atoms with Crippen LogP contribution in [0.15, 0.2) is 59.0 Å². The Bertz CT molecular complexity index is 655. The van der Waals surface area contributed by atoms with Crippen LogP contribution in [0.1, 0.15) is 0 Å². The Hall–Kier alpha value is -2.31. The van der Waals surface area contributed by atoms with Gasteiger partial charge in [-0.2, -0.15) is 4.40 Å². The molecule has 0 bridgehead atoms. The molecule has 2 aromatic rings. The molecular formula is C14H10NO4S-. The van der Waals surface area contributed by atoms with E-state index in [0.29, 0.717) is 12.0 Å². The Morgan fingerprint density at radius 1 is 1.10 bits per heavy atom. The largest absolute Gasteiger partial charge is 0.754 e. The predicted octanol–water partition coefficient (Wildman–Crippen LogP) is 2.12. The van der Waals surface area contributed by atoms with E-state index in [9.17, 15) is 13.6 Å². The lowest BCUT2D eigenvalue weighted by Gasteiger charge is -2.08. The van der Waals surface area contributed by atoms with Gasteiger partial charge < -0.3 is 9.29 Å². The SMILES string of the molecule is O=C(C=NS(=O)[O-])Oc1ccccc1-c1ccccc1. The molecule has 0 aliphatic carbocycles. The Labute approximate surface area is 118 Å². The summed E-state index contributed by atoms with van der Waals surface area (Å²) in [6.45, 7) is 0. The summed E-state index contributed by atoms with van der Waals surface area (Å²) in [4.78, 5) is 11.5. The van der Waals surface area contributed by atoms with Crippen LogP contribution in [0.2, 0.25) is 0 Å². The van der Waals surface area contributed by atoms with Gasteiger partial charge in [-0.15, -0.1) is 0 Å². The first-order valence-corrected chi connectivity index (χ1v) is 6.70. The van der Waals surface area contributed by atoms with E-state index in [4.69, 9.17) is 4.74 Å². The molecule has 0 saturated carbocycles. The Morgan fingerprint density at radius 2 is 1.75 bits per heavy atom. The predicted molar refractivity (Wildman–Crippen MR) is 74.9 cm³/mol. The first-order valence-electron chi connectivity index (χ1n) is 5.66. The van der Waals surface area contributed by atoms with Crippen molar-refractivity contribution in [2.75, 3.05) is 0 Å². The average molecular weight is 288 g/mol. The number of benzene rings is 2. The van der Waals surface area contributed by atoms with Crippen LogP contribution in [-0.2, 0) is 16.1 Å². The molecule has 102 valence electrons. The zero-order valence-electron chi connectivity index (χ0n) is 10.3. The van der Waals surface area contributed by atoms with Crippen molar-refractivity contribution in [2.45, 2.75) is 0 Å². The van der Waals surface area contributed by atoms with Gasteiger partial charge in [-0.05, 0) is 11.6 Å². The molecule has 0 aromatic heterocycles. The minimum absolute atomic E-state index is 0.340. The molecule has 1 atom stereocenters. The van der Waals surface area contributed by atoms with Crippen molar-refractivity contribution in [3.63, 3.8) is 0 Å². The van der Waals surface area contributed by atoms with Gasteiger partial charge in [0.05, 0.1) is 11.3 Å². The van der Waals surface area contributed by atoms with E-state index in [1.54, 1.807) is 18.2 Å². The molecule has 0 radical (unpaired) electrons. The van der Waals surface area contributed by atoms with E-state index in [1.807, 2.05) is 36.4 Å². The number of hydrogen-bond acceptors (Lipinski definition) is 4. The van der Waals surface area contributed by atoms with Crippen molar-refractivity contribution in [1.29, 1.82) is 0 Å². The maximum absolute atomic E-state index is 11.5. The number of carbonyl (C=O) groups is 1. The minimum Gasteiger partial charge on any atom is -0.754 e. The van der Waals surface area contributed by atoms with Crippen LogP contribution in [0.5, 0.6) is 5.75 Å². The van der Waals surface area contributed by atoms with Crippen LogP contribution < -0.4 is 4.74 Å². The van der Waals surface area contributed by atoms with Crippen molar-refractivity contribution in [3.05, 3.63) is 54.6 Å². The Kier molecular flexibility index (Phi) is 4.75. The van der Waals surface area contributed by atoms with Crippen LogP contribution in [0, 0.1) is 0 Å². The standard InChI is InChI=1S/C14H11NO4S/c16-14(10-15-20(17)18)19-13-9-5-4-8-12(13)11-6-2-1-3-7-11/h1-10H,(H,17,18)/p-1. The highest BCUT2D eigenvalue weighted by Gasteiger charge is 2.08. The summed E-state index contributed by atoms with van der Waals surface area (Å²) in [5.41, 5.74) is 1.62. The zero-order chi connectivity index (χ0) is 14.4. The van der Waals surface area contributed by atoms with Gasteiger partial charge in [-0.1, -0.05) is 48.5 Å². The van der Waals surface area contributed by atoms with Gasteiger partial charge in [0.15, 0.2) is 0 Å². The normalized spacial score (nSPS) is 12.2. The first kappa shape index (κ1) is 14.1. The van der Waals surface area contributed by atoms with E-state index in [-0.39, 0.29) is 0 Å². The zero-order valence-corrected chi connectivity index (χ0v) is 11.1. The third-order valence-corrected chi connectivity index (χ3v) is 2.70. The molecule has 0 fully saturated rings. The molecule has 2 rings (SSSR count). The molecule has 20 heavy (non-hydrogen) atoms. The van der Waals surface area contributed by atoms with E-state index < -0.39 is 17.2 Å². The highest BCUT2D eigenvalue weighted by atomic mass is 32.2. The van der Waals surface area contributed by atoms with Crippen molar-refractivity contribution in [2.24, 2.45) is 4.40 Å². The number of para-hydroxylation sites is 1.